The van der Waals surface area contributed by atoms with Gasteiger partial charge in [0, 0.05) is 18.0 Å². The molecule has 7 heteroatoms. The van der Waals surface area contributed by atoms with Crippen molar-refractivity contribution in [2.45, 2.75) is 39.5 Å². The number of aliphatic imine (C=N–C) groups is 2. The van der Waals surface area contributed by atoms with Crippen LogP contribution >= 0.6 is 35.0 Å². The molecule has 0 saturated carbocycles. The SMILES string of the molecule is CCCCN=C(/N=C(/N)Nc1ccc(Cl)c(Cl)c1)SCCCC. The highest BCUT2D eigenvalue weighted by molar-refractivity contribution is 8.13. The third-order valence-corrected chi connectivity index (χ3v) is 4.61. The lowest BCUT2D eigenvalue weighted by molar-refractivity contribution is 0.809. The largest absolute Gasteiger partial charge is 0.369 e. The van der Waals surface area contributed by atoms with Gasteiger partial charge in [0.05, 0.1) is 10.0 Å². The molecule has 0 aliphatic heterocycles. The van der Waals surface area contributed by atoms with Crippen molar-refractivity contribution < 1.29 is 0 Å². The van der Waals surface area contributed by atoms with Gasteiger partial charge < -0.3 is 11.1 Å². The summed E-state index contributed by atoms with van der Waals surface area (Å²) in [7, 11) is 0. The maximum atomic E-state index is 5.99. The molecule has 1 rings (SSSR count). The number of unbranched alkanes of at least 4 members (excludes halogenated alkanes) is 2. The van der Waals surface area contributed by atoms with Gasteiger partial charge in [-0.05, 0) is 31.0 Å². The van der Waals surface area contributed by atoms with Gasteiger partial charge >= 0.3 is 0 Å². The molecule has 0 saturated heterocycles. The standard InChI is InChI=1S/C16H24Cl2N4S/c1-3-5-9-20-16(23-10-6-4-2)22-15(19)21-12-7-8-13(17)14(18)11-12/h7-8,11H,3-6,9-10H2,1-2H3,(H3,19,20,21,22). The lowest BCUT2D eigenvalue weighted by Crippen LogP contribution is -2.23. The second kappa shape index (κ2) is 11.6. The van der Waals surface area contributed by atoms with Gasteiger partial charge in [-0.25, -0.2) is 0 Å². The zero-order chi connectivity index (χ0) is 17.1. The second-order valence-corrected chi connectivity index (χ2v) is 6.85. The maximum Gasteiger partial charge on any atom is 0.200 e. The number of nitrogens with zero attached hydrogens (tertiary/aromatic N) is 2. The van der Waals surface area contributed by atoms with Crippen molar-refractivity contribution in [2.75, 3.05) is 17.6 Å². The predicted octanol–water partition coefficient (Wildman–Crippen LogP) is 5.41. The van der Waals surface area contributed by atoms with E-state index in [4.69, 9.17) is 28.9 Å². The van der Waals surface area contributed by atoms with Crippen molar-refractivity contribution in [3.05, 3.63) is 28.2 Å². The molecule has 128 valence electrons. The third-order valence-electron chi connectivity index (χ3n) is 2.90. The molecule has 0 atom stereocenters. The molecule has 0 aromatic heterocycles. The minimum absolute atomic E-state index is 0.294. The quantitative estimate of drug-likeness (QED) is 0.381. The molecule has 0 unspecified atom stereocenters. The van der Waals surface area contributed by atoms with Crippen LogP contribution in [0.2, 0.25) is 10.0 Å². The van der Waals surface area contributed by atoms with Crippen LogP contribution < -0.4 is 11.1 Å². The number of benzene rings is 1. The Morgan fingerprint density at radius 1 is 1.17 bits per heavy atom. The first-order valence-corrected chi connectivity index (χ1v) is 9.54. The number of hydrogen-bond acceptors (Lipinski definition) is 2. The molecule has 1 aromatic carbocycles. The first-order valence-electron chi connectivity index (χ1n) is 7.80. The Hall–Kier alpha value is -0.910. The number of nitrogens with one attached hydrogen (secondary N) is 1. The Morgan fingerprint density at radius 2 is 1.91 bits per heavy atom. The first kappa shape index (κ1) is 20.1. The van der Waals surface area contributed by atoms with E-state index < -0.39 is 0 Å². The molecule has 0 heterocycles. The van der Waals surface area contributed by atoms with Crippen LogP contribution in [0.3, 0.4) is 0 Å². The van der Waals surface area contributed by atoms with Gasteiger partial charge in [0.1, 0.15) is 0 Å². The van der Waals surface area contributed by atoms with Crippen molar-refractivity contribution in [3.63, 3.8) is 0 Å². The van der Waals surface area contributed by atoms with E-state index >= 15 is 0 Å². The number of anilines is 1. The summed E-state index contributed by atoms with van der Waals surface area (Å²) in [4.78, 5) is 8.91. The van der Waals surface area contributed by atoms with E-state index in [1.54, 1.807) is 30.0 Å². The Kier molecular flexibility index (Phi) is 10.2. The van der Waals surface area contributed by atoms with Gasteiger partial charge in [0.2, 0.25) is 0 Å². The van der Waals surface area contributed by atoms with Crippen LogP contribution in [-0.4, -0.2) is 23.4 Å². The van der Waals surface area contributed by atoms with Gasteiger partial charge in [-0.3, -0.25) is 4.99 Å². The van der Waals surface area contributed by atoms with Gasteiger partial charge in [-0.2, -0.15) is 4.99 Å². The van der Waals surface area contributed by atoms with Crippen molar-refractivity contribution >= 4 is 51.8 Å². The molecular formula is C16H24Cl2N4S. The first-order chi connectivity index (χ1) is 11.1. The molecule has 1 aromatic rings. The highest BCUT2D eigenvalue weighted by Gasteiger charge is 2.03. The molecule has 0 fully saturated rings. The van der Waals surface area contributed by atoms with Gasteiger partial charge in [-0.1, -0.05) is 61.7 Å². The summed E-state index contributed by atoms with van der Waals surface area (Å²) >= 11 is 13.5. The van der Waals surface area contributed by atoms with Crippen molar-refractivity contribution in [3.8, 4) is 0 Å². The van der Waals surface area contributed by atoms with E-state index in [1.807, 2.05) is 0 Å². The Morgan fingerprint density at radius 3 is 2.57 bits per heavy atom. The molecule has 0 amide bonds. The normalized spacial score (nSPS) is 12.5. The smallest absolute Gasteiger partial charge is 0.200 e. The summed E-state index contributed by atoms with van der Waals surface area (Å²) in [5.74, 6) is 1.29. The highest BCUT2D eigenvalue weighted by atomic mass is 35.5. The van der Waals surface area contributed by atoms with E-state index in [0.717, 1.165) is 48.8 Å². The van der Waals surface area contributed by atoms with Crippen molar-refractivity contribution in [1.82, 2.24) is 0 Å². The minimum atomic E-state index is 0.294. The third kappa shape index (κ3) is 8.49. The second-order valence-electron chi connectivity index (χ2n) is 4.97. The van der Waals surface area contributed by atoms with Crippen LogP contribution in [0.4, 0.5) is 5.69 Å². The fourth-order valence-electron chi connectivity index (χ4n) is 1.61. The summed E-state index contributed by atoms with van der Waals surface area (Å²) in [5, 5.41) is 4.71. The topological polar surface area (TPSA) is 62.8 Å². The lowest BCUT2D eigenvalue weighted by Gasteiger charge is -2.08. The average Bonchev–Trinajstić information content (AvgIpc) is 2.51. The molecule has 0 aliphatic carbocycles. The molecule has 23 heavy (non-hydrogen) atoms. The van der Waals surface area contributed by atoms with Crippen LogP contribution in [-0.2, 0) is 0 Å². The summed E-state index contributed by atoms with van der Waals surface area (Å²) in [6, 6.07) is 5.23. The van der Waals surface area contributed by atoms with E-state index in [0.29, 0.717) is 16.0 Å². The Balaban J connectivity index is 2.73. The van der Waals surface area contributed by atoms with Crippen LogP contribution in [0.5, 0.6) is 0 Å². The number of hydrogen-bond donors (Lipinski definition) is 2. The number of amidine groups is 1. The zero-order valence-corrected chi connectivity index (χ0v) is 15.9. The van der Waals surface area contributed by atoms with E-state index in [9.17, 15) is 0 Å². The van der Waals surface area contributed by atoms with Crippen LogP contribution in [0, 0.1) is 0 Å². The number of halogens is 2. The maximum absolute atomic E-state index is 5.99. The molecule has 0 aliphatic rings. The van der Waals surface area contributed by atoms with E-state index in [1.165, 1.54) is 0 Å². The van der Waals surface area contributed by atoms with Gasteiger partial charge in [0.25, 0.3) is 0 Å². The number of rotatable bonds is 7. The fraction of sp³-hybridized carbons (Fsp3) is 0.500. The van der Waals surface area contributed by atoms with E-state index in [2.05, 4.69) is 29.1 Å². The summed E-state index contributed by atoms with van der Waals surface area (Å²) in [5.41, 5.74) is 6.71. The zero-order valence-electron chi connectivity index (χ0n) is 13.6. The molecular weight excluding hydrogens is 351 g/mol. The summed E-state index contributed by atoms with van der Waals surface area (Å²) in [6.45, 7) is 5.08. The van der Waals surface area contributed by atoms with Gasteiger partial charge in [-0.15, -0.1) is 0 Å². The summed E-state index contributed by atoms with van der Waals surface area (Å²) < 4.78 is 0. The van der Waals surface area contributed by atoms with Crippen molar-refractivity contribution in [1.29, 1.82) is 0 Å². The highest BCUT2D eigenvalue weighted by Crippen LogP contribution is 2.24. The average molecular weight is 375 g/mol. The van der Waals surface area contributed by atoms with E-state index in [-0.39, 0.29) is 0 Å². The van der Waals surface area contributed by atoms with Crippen LogP contribution in [0.15, 0.2) is 28.2 Å². The fourth-order valence-corrected chi connectivity index (χ4v) is 2.87. The molecule has 0 spiro atoms. The van der Waals surface area contributed by atoms with Gasteiger partial charge in [0.15, 0.2) is 11.1 Å². The molecule has 0 radical (unpaired) electrons. The minimum Gasteiger partial charge on any atom is -0.369 e. The Bertz CT molecular complexity index is 547. The van der Waals surface area contributed by atoms with Crippen LogP contribution in [0.1, 0.15) is 39.5 Å². The Labute approximate surface area is 152 Å². The van der Waals surface area contributed by atoms with Crippen molar-refractivity contribution in [2.24, 2.45) is 15.7 Å². The predicted molar refractivity (Wildman–Crippen MR) is 106 cm³/mol. The molecule has 3 N–H and O–H groups in total. The lowest BCUT2D eigenvalue weighted by atomic mass is 10.3. The van der Waals surface area contributed by atoms with Crippen LogP contribution in [0.25, 0.3) is 0 Å². The summed E-state index contributed by atoms with van der Waals surface area (Å²) in [6.07, 6.45) is 4.44. The monoisotopic (exact) mass is 374 g/mol. The molecule has 0 bridgehead atoms. The number of nitrogens with two attached hydrogens (primary N) is 1. The number of thioether (sulfide) groups is 1. The molecule has 4 nitrogen and oxygen atoms in total. The number of guanidine groups is 1.